The highest BCUT2D eigenvalue weighted by atomic mass is 19.4. The molecule has 0 bridgehead atoms. The molecule has 130 valence electrons. The van der Waals surface area contributed by atoms with Crippen LogP contribution in [0.3, 0.4) is 0 Å². The van der Waals surface area contributed by atoms with Crippen molar-refractivity contribution < 1.29 is 18.3 Å². The van der Waals surface area contributed by atoms with Gasteiger partial charge in [0.2, 0.25) is 5.56 Å². The molecule has 1 aliphatic heterocycles. The summed E-state index contributed by atoms with van der Waals surface area (Å²) in [5.74, 6) is 0. The van der Waals surface area contributed by atoms with E-state index in [0.29, 0.717) is 11.8 Å². The number of aromatic amines is 1. The van der Waals surface area contributed by atoms with Crippen molar-refractivity contribution >= 4 is 16.6 Å². The van der Waals surface area contributed by atoms with Crippen molar-refractivity contribution in [3.8, 4) is 0 Å². The average molecular weight is 340 g/mol. The highest BCUT2D eigenvalue weighted by molar-refractivity contribution is 5.86. The zero-order valence-electron chi connectivity index (χ0n) is 13.4. The number of halogens is 3. The quantitative estimate of drug-likeness (QED) is 0.882. The van der Waals surface area contributed by atoms with Gasteiger partial charge in [0, 0.05) is 28.7 Å². The maximum atomic E-state index is 13.3. The molecule has 1 fully saturated rings. The van der Waals surface area contributed by atoms with Crippen molar-refractivity contribution in [2.24, 2.45) is 0 Å². The van der Waals surface area contributed by atoms with E-state index in [0.717, 1.165) is 12.8 Å². The predicted octanol–water partition coefficient (Wildman–Crippen LogP) is 3.29. The van der Waals surface area contributed by atoms with Gasteiger partial charge in [-0.3, -0.25) is 4.79 Å². The zero-order chi connectivity index (χ0) is 17.6. The molecule has 1 aliphatic rings. The summed E-state index contributed by atoms with van der Waals surface area (Å²) in [6.07, 6.45) is -3.53. The molecule has 2 aromatic rings. The first-order valence-electron chi connectivity index (χ1n) is 7.89. The predicted molar refractivity (Wildman–Crippen MR) is 86.2 cm³/mol. The minimum atomic E-state index is -4.61. The number of hydrogen-bond acceptors (Lipinski definition) is 3. The van der Waals surface area contributed by atoms with Crippen LogP contribution in [0.25, 0.3) is 10.9 Å². The Morgan fingerprint density at radius 1 is 1.29 bits per heavy atom. The van der Waals surface area contributed by atoms with E-state index < -0.39 is 23.4 Å². The fourth-order valence-electron chi connectivity index (χ4n) is 3.57. The van der Waals surface area contributed by atoms with Gasteiger partial charge in [-0.15, -0.1) is 0 Å². The number of anilines is 1. The number of rotatable bonds is 2. The van der Waals surface area contributed by atoms with E-state index >= 15 is 0 Å². The molecule has 3 rings (SSSR count). The smallest absolute Gasteiger partial charge is 0.391 e. The number of alkyl halides is 3. The molecule has 0 amide bonds. The maximum Gasteiger partial charge on any atom is 0.417 e. The summed E-state index contributed by atoms with van der Waals surface area (Å²) in [4.78, 5) is 15.9. The van der Waals surface area contributed by atoms with E-state index in [9.17, 15) is 23.1 Å². The van der Waals surface area contributed by atoms with Crippen LogP contribution in [0.5, 0.6) is 0 Å². The standard InChI is InChI=1S/C17H19F3N2O2/c1-9-3-6-15(10(2)23)22(9)11-4-5-14-12(7-11)13(17(18,19)20)8-16(24)21-14/h4-5,7-10,15,23H,3,6H2,1-2H3,(H,21,24). The van der Waals surface area contributed by atoms with Crippen LogP contribution in [-0.2, 0) is 6.18 Å². The summed E-state index contributed by atoms with van der Waals surface area (Å²) in [5.41, 5.74) is -0.947. The summed E-state index contributed by atoms with van der Waals surface area (Å²) in [5, 5.41) is 9.93. The van der Waals surface area contributed by atoms with E-state index in [-0.39, 0.29) is 23.0 Å². The molecule has 3 unspecified atom stereocenters. The van der Waals surface area contributed by atoms with Crippen LogP contribution in [0.1, 0.15) is 32.3 Å². The first-order valence-corrected chi connectivity index (χ1v) is 7.89. The Balaban J connectivity index is 2.18. The Morgan fingerprint density at radius 2 is 2.00 bits per heavy atom. The lowest BCUT2D eigenvalue weighted by atomic mass is 10.1. The highest BCUT2D eigenvalue weighted by Crippen LogP contribution is 2.37. The topological polar surface area (TPSA) is 56.3 Å². The number of pyridine rings is 1. The third-order valence-electron chi connectivity index (χ3n) is 4.70. The number of benzene rings is 1. The number of hydrogen-bond donors (Lipinski definition) is 2. The molecule has 3 atom stereocenters. The van der Waals surface area contributed by atoms with Crippen LogP contribution in [0.4, 0.5) is 18.9 Å². The number of nitrogens with one attached hydrogen (secondary N) is 1. The van der Waals surface area contributed by atoms with Crippen molar-refractivity contribution in [1.82, 2.24) is 4.98 Å². The highest BCUT2D eigenvalue weighted by Gasteiger charge is 2.36. The fourth-order valence-corrected chi connectivity index (χ4v) is 3.57. The van der Waals surface area contributed by atoms with Crippen molar-refractivity contribution in [1.29, 1.82) is 0 Å². The molecular formula is C17H19F3N2O2. The molecule has 4 nitrogen and oxygen atoms in total. The summed E-state index contributed by atoms with van der Waals surface area (Å²) in [6.45, 7) is 3.68. The van der Waals surface area contributed by atoms with E-state index in [1.807, 2.05) is 11.8 Å². The molecule has 2 N–H and O–H groups in total. The van der Waals surface area contributed by atoms with E-state index in [4.69, 9.17) is 0 Å². The number of nitrogens with zero attached hydrogens (tertiary/aromatic N) is 1. The van der Waals surface area contributed by atoms with Crippen molar-refractivity contribution in [2.45, 2.75) is 51.1 Å². The number of aliphatic hydroxyl groups is 1. The van der Waals surface area contributed by atoms with Gasteiger partial charge >= 0.3 is 6.18 Å². The summed E-state index contributed by atoms with van der Waals surface area (Å²) in [6, 6.07) is 5.21. The van der Waals surface area contributed by atoms with Crippen LogP contribution in [0.2, 0.25) is 0 Å². The molecule has 24 heavy (non-hydrogen) atoms. The first-order chi connectivity index (χ1) is 11.2. The maximum absolute atomic E-state index is 13.3. The van der Waals surface area contributed by atoms with Crippen molar-refractivity contribution in [2.75, 3.05) is 4.90 Å². The van der Waals surface area contributed by atoms with Crippen molar-refractivity contribution in [3.05, 3.63) is 40.2 Å². The third kappa shape index (κ3) is 2.88. The molecule has 7 heteroatoms. The van der Waals surface area contributed by atoms with Gasteiger partial charge in [-0.05, 0) is 44.9 Å². The SMILES string of the molecule is CC(O)C1CCC(C)N1c1ccc2[nH]c(=O)cc(C(F)(F)F)c2c1. The molecule has 0 radical (unpaired) electrons. The van der Waals surface area contributed by atoms with Gasteiger partial charge in [-0.25, -0.2) is 0 Å². The van der Waals surface area contributed by atoms with Crippen LogP contribution >= 0.6 is 0 Å². The van der Waals surface area contributed by atoms with Gasteiger partial charge < -0.3 is 15.0 Å². The van der Waals surface area contributed by atoms with Crippen LogP contribution < -0.4 is 10.5 Å². The summed E-state index contributed by atoms with van der Waals surface area (Å²) >= 11 is 0. The molecule has 0 saturated carbocycles. The average Bonchev–Trinajstić information content (AvgIpc) is 2.87. The van der Waals surface area contributed by atoms with E-state index in [2.05, 4.69) is 4.98 Å². The van der Waals surface area contributed by atoms with Gasteiger partial charge in [0.05, 0.1) is 17.7 Å². The lowest BCUT2D eigenvalue weighted by molar-refractivity contribution is -0.136. The van der Waals surface area contributed by atoms with Gasteiger partial charge in [0.25, 0.3) is 0 Å². The van der Waals surface area contributed by atoms with Crippen molar-refractivity contribution in [3.63, 3.8) is 0 Å². The minimum Gasteiger partial charge on any atom is -0.391 e. The number of H-pyrrole nitrogens is 1. The lowest BCUT2D eigenvalue weighted by Crippen LogP contribution is -2.41. The third-order valence-corrected chi connectivity index (χ3v) is 4.70. The zero-order valence-corrected chi connectivity index (χ0v) is 13.4. The number of aromatic nitrogens is 1. The molecule has 1 aromatic carbocycles. The Hall–Kier alpha value is -2.02. The van der Waals surface area contributed by atoms with Gasteiger partial charge in [0.1, 0.15) is 0 Å². The monoisotopic (exact) mass is 340 g/mol. The molecule has 1 aromatic heterocycles. The van der Waals surface area contributed by atoms with Gasteiger partial charge in [0.15, 0.2) is 0 Å². The van der Waals surface area contributed by atoms with Crippen LogP contribution in [-0.4, -0.2) is 28.3 Å². The number of aliphatic hydroxyl groups excluding tert-OH is 1. The minimum absolute atomic E-state index is 0.0388. The number of fused-ring (bicyclic) bond motifs is 1. The lowest BCUT2D eigenvalue weighted by Gasteiger charge is -2.33. The molecular weight excluding hydrogens is 321 g/mol. The Morgan fingerprint density at radius 3 is 2.62 bits per heavy atom. The molecule has 2 heterocycles. The Kier molecular flexibility index (Phi) is 4.07. The second-order valence-corrected chi connectivity index (χ2v) is 6.42. The van der Waals surface area contributed by atoms with Crippen LogP contribution in [0, 0.1) is 0 Å². The Labute approximate surface area is 136 Å². The Bertz CT molecular complexity index is 814. The summed E-state index contributed by atoms with van der Waals surface area (Å²) < 4.78 is 39.8. The van der Waals surface area contributed by atoms with Gasteiger partial charge in [-0.1, -0.05) is 0 Å². The van der Waals surface area contributed by atoms with Crippen LogP contribution in [0.15, 0.2) is 29.1 Å². The first kappa shape index (κ1) is 16.8. The van der Waals surface area contributed by atoms with E-state index in [1.165, 1.54) is 12.1 Å². The second kappa shape index (κ2) is 5.81. The fraction of sp³-hybridized carbons (Fsp3) is 0.471. The molecule has 1 saturated heterocycles. The van der Waals surface area contributed by atoms with E-state index in [1.54, 1.807) is 13.0 Å². The largest absolute Gasteiger partial charge is 0.417 e. The molecule has 0 aliphatic carbocycles. The van der Waals surface area contributed by atoms with Gasteiger partial charge in [-0.2, -0.15) is 13.2 Å². The molecule has 0 spiro atoms. The normalized spacial score (nSPS) is 23.0. The summed E-state index contributed by atoms with van der Waals surface area (Å²) in [7, 11) is 0. The second-order valence-electron chi connectivity index (χ2n) is 6.42.